The van der Waals surface area contributed by atoms with Crippen LogP contribution in [0.15, 0.2) is 79.0 Å². The number of phenols is 1. The van der Waals surface area contributed by atoms with Crippen molar-refractivity contribution in [3.63, 3.8) is 0 Å². The third kappa shape index (κ3) is 3.64. The molecule has 3 heterocycles. The molecule has 33 heavy (non-hydrogen) atoms. The number of para-hydroxylation sites is 2. The summed E-state index contributed by atoms with van der Waals surface area (Å²) < 4.78 is 16.0. The van der Waals surface area contributed by atoms with Gasteiger partial charge in [0.1, 0.15) is 11.6 Å². The second kappa shape index (κ2) is 8.33. The van der Waals surface area contributed by atoms with Gasteiger partial charge in [0.15, 0.2) is 5.11 Å². The third-order valence-electron chi connectivity index (χ3n) is 6.09. The topological polar surface area (TPSA) is 53.3 Å². The molecule has 2 N–H and O–H groups in total. The van der Waals surface area contributed by atoms with Gasteiger partial charge in [-0.3, -0.25) is 4.98 Å². The van der Waals surface area contributed by atoms with E-state index in [0.29, 0.717) is 10.8 Å². The fraction of sp³-hybridized carbons (Fsp3) is 0.154. The number of aromatic hydroxyl groups is 1. The van der Waals surface area contributed by atoms with Crippen LogP contribution in [0.2, 0.25) is 0 Å². The van der Waals surface area contributed by atoms with Gasteiger partial charge in [-0.25, -0.2) is 4.39 Å². The van der Waals surface area contributed by atoms with Gasteiger partial charge in [-0.05, 0) is 80.2 Å². The molecule has 1 aliphatic heterocycles. The molecule has 1 aliphatic rings. The fourth-order valence-corrected chi connectivity index (χ4v) is 5.04. The smallest absolute Gasteiger partial charge is 0.174 e. The molecule has 166 valence electrons. The van der Waals surface area contributed by atoms with E-state index in [0.717, 1.165) is 28.3 Å². The zero-order valence-corrected chi connectivity index (χ0v) is 19.1. The second-order valence-electron chi connectivity index (χ2n) is 8.13. The Morgan fingerprint density at radius 1 is 1.00 bits per heavy atom. The van der Waals surface area contributed by atoms with E-state index in [1.165, 1.54) is 12.1 Å². The lowest BCUT2D eigenvalue weighted by molar-refractivity contribution is 0.472. The molecule has 4 aromatic rings. The van der Waals surface area contributed by atoms with Gasteiger partial charge in [-0.1, -0.05) is 24.3 Å². The summed E-state index contributed by atoms with van der Waals surface area (Å²) >= 11 is 5.75. The number of halogens is 1. The average Bonchev–Trinajstić information content (AvgIpc) is 3.30. The molecule has 5 rings (SSSR count). The van der Waals surface area contributed by atoms with Crippen LogP contribution in [0, 0.1) is 19.7 Å². The van der Waals surface area contributed by atoms with E-state index in [2.05, 4.69) is 16.4 Å². The first-order valence-corrected chi connectivity index (χ1v) is 11.1. The van der Waals surface area contributed by atoms with Crippen LogP contribution in [0.3, 0.4) is 0 Å². The monoisotopic (exact) mass is 458 g/mol. The summed E-state index contributed by atoms with van der Waals surface area (Å²) in [5.41, 5.74) is 5.18. The molecule has 2 aromatic heterocycles. The molecule has 1 saturated heterocycles. The summed E-state index contributed by atoms with van der Waals surface area (Å²) in [6.07, 6.45) is 1.76. The fourth-order valence-electron chi connectivity index (χ4n) is 4.70. The average molecular weight is 459 g/mol. The molecular formula is C26H23FN4OS. The lowest BCUT2D eigenvalue weighted by atomic mass is 9.96. The van der Waals surface area contributed by atoms with Gasteiger partial charge in [0, 0.05) is 23.3 Å². The Labute approximate surface area is 197 Å². The number of hydrogen-bond acceptors (Lipinski definition) is 3. The van der Waals surface area contributed by atoms with E-state index < -0.39 is 0 Å². The zero-order valence-electron chi connectivity index (χ0n) is 18.2. The first-order chi connectivity index (χ1) is 16.0. The van der Waals surface area contributed by atoms with Crippen molar-refractivity contribution >= 4 is 23.0 Å². The lowest BCUT2D eigenvalue weighted by Gasteiger charge is -2.28. The Balaban J connectivity index is 1.70. The second-order valence-corrected chi connectivity index (χ2v) is 8.51. The number of hydrogen-bond donors (Lipinski definition) is 2. The van der Waals surface area contributed by atoms with Gasteiger partial charge in [0.05, 0.1) is 23.5 Å². The van der Waals surface area contributed by atoms with E-state index in [4.69, 9.17) is 12.2 Å². The first kappa shape index (κ1) is 21.2. The number of nitrogens with one attached hydrogen (secondary N) is 1. The van der Waals surface area contributed by atoms with Crippen LogP contribution in [0.25, 0.3) is 5.69 Å². The minimum atomic E-state index is -0.285. The molecule has 0 saturated carbocycles. The number of thiocarbonyl (C=S) groups is 1. The van der Waals surface area contributed by atoms with Gasteiger partial charge in [-0.2, -0.15) is 0 Å². The van der Waals surface area contributed by atoms with Gasteiger partial charge in [0.25, 0.3) is 0 Å². The van der Waals surface area contributed by atoms with Crippen LogP contribution in [0.1, 0.15) is 34.7 Å². The lowest BCUT2D eigenvalue weighted by Crippen LogP contribution is -2.29. The van der Waals surface area contributed by atoms with Gasteiger partial charge in [0.2, 0.25) is 0 Å². The highest BCUT2D eigenvalue weighted by Crippen LogP contribution is 2.45. The highest BCUT2D eigenvalue weighted by atomic mass is 32.1. The van der Waals surface area contributed by atoms with E-state index in [-0.39, 0.29) is 23.7 Å². The SMILES string of the molecule is Cc1cc([C@@H]2[C@H](c3ccccn3)NC(=S)N2c2ccccc2O)c(C)n1-c1cccc(F)c1. The molecule has 0 radical (unpaired) electrons. The number of aryl methyl sites for hydroxylation is 1. The third-order valence-corrected chi connectivity index (χ3v) is 6.41. The number of nitrogens with zero attached hydrogens (tertiary/aromatic N) is 3. The minimum absolute atomic E-state index is 0.146. The van der Waals surface area contributed by atoms with E-state index in [9.17, 15) is 9.50 Å². The zero-order chi connectivity index (χ0) is 23.1. The summed E-state index contributed by atoms with van der Waals surface area (Å²) in [4.78, 5) is 6.53. The summed E-state index contributed by atoms with van der Waals surface area (Å²) in [6.45, 7) is 4.02. The quantitative estimate of drug-likeness (QED) is 0.395. The van der Waals surface area contributed by atoms with Crippen LogP contribution in [-0.2, 0) is 0 Å². The van der Waals surface area contributed by atoms with Crippen molar-refractivity contribution in [2.24, 2.45) is 0 Å². The molecule has 2 atom stereocenters. The molecule has 1 fully saturated rings. The summed E-state index contributed by atoms with van der Waals surface area (Å²) in [6, 6.07) is 21.1. The van der Waals surface area contributed by atoms with E-state index in [1.54, 1.807) is 24.4 Å². The predicted octanol–water partition coefficient (Wildman–Crippen LogP) is 5.51. The standard InChI is InChI=1S/C26H23FN4OS/c1-16-14-20(17(2)30(16)19-9-7-8-18(27)15-19)25-24(21-10-5-6-13-28-21)29-26(33)31(25)22-11-3-4-12-23(22)32/h3-15,24-25,32H,1-2H3,(H,29,33)/t24-,25+/m0/s1. The van der Waals surface area contributed by atoms with Crippen molar-refractivity contribution in [1.29, 1.82) is 0 Å². The maximum absolute atomic E-state index is 14.0. The minimum Gasteiger partial charge on any atom is -0.506 e. The molecular weight excluding hydrogens is 435 g/mol. The van der Waals surface area contributed by atoms with E-state index >= 15 is 0 Å². The molecule has 7 heteroatoms. The number of anilines is 1. The number of aromatic nitrogens is 2. The number of phenolic OH excluding ortho intramolecular Hbond substituents is 1. The van der Waals surface area contributed by atoms with Crippen molar-refractivity contribution in [3.8, 4) is 11.4 Å². The van der Waals surface area contributed by atoms with Crippen LogP contribution in [-0.4, -0.2) is 19.8 Å². The van der Waals surface area contributed by atoms with Crippen molar-refractivity contribution in [3.05, 3.63) is 107 Å². The Kier molecular flexibility index (Phi) is 5.34. The van der Waals surface area contributed by atoms with Crippen molar-refractivity contribution < 1.29 is 9.50 Å². The Hall–Kier alpha value is -3.71. The Bertz CT molecular complexity index is 1340. The Morgan fingerprint density at radius 2 is 1.79 bits per heavy atom. The molecule has 0 amide bonds. The maximum Gasteiger partial charge on any atom is 0.174 e. The molecule has 0 bridgehead atoms. The largest absolute Gasteiger partial charge is 0.506 e. The maximum atomic E-state index is 14.0. The van der Waals surface area contributed by atoms with Crippen LogP contribution >= 0.6 is 12.2 Å². The summed E-state index contributed by atoms with van der Waals surface area (Å²) in [7, 11) is 0. The van der Waals surface area contributed by atoms with Crippen LogP contribution in [0.5, 0.6) is 5.75 Å². The number of rotatable bonds is 4. The summed E-state index contributed by atoms with van der Waals surface area (Å²) in [5.74, 6) is -0.139. The first-order valence-electron chi connectivity index (χ1n) is 10.7. The van der Waals surface area contributed by atoms with Crippen molar-refractivity contribution in [2.75, 3.05) is 4.90 Å². The van der Waals surface area contributed by atoms with E-state index in [1.807, 2.05) is 59.7 Å². The normalized spacial score (nSPS) is 17.9. The van der Waals surface area contributed by atoms with Gasteiger partial charge in [-0.15, -0.1) is 0 Å². The Morgan fingerprint density at radius 3 is 2.52 bits per heavy atom. The number of pyridine rings is 1. The highest BCUT2D eigenvalue weighted by molar-refractivity contribution is 7.80. The highest BCUT2D eigenvalue weighted by Gasteiger charge is 2.43. The van der Waals surface area contributed by atoms with Gasteiger partial charge < -0.3 is 19.9 Å². The molecule has 0 aliphatic carbocycles. The molecule has 5 nitrogen and oxygen atoms in total. The number of benzene rings is 2. The van der Waals surface area contributed by atoms with Gasteiger partial charge >= 0.3 is 0 Å². The molecule has 0 unspecified atom stereocenters. The summed E-state index contributed by atoms with van der Waals surface area (Å²) in [5, 5.41) is 14.6. The molecule has 2 aromatic carbocycles. The van der Waals surface area contributed by atoms with Crippen LogP contribution < -0.4 is 10.2 Å². The van der Waals surface area contributed by atoms with Crippen molar-refractivity contribution in [1.82, 2.24) is 14.9 Å². The molecule has 0 spiro atoms. The predicted molar refractivity (Wildman–Crippen MR) is 131 cm³/mol. The van der Waals surface area contributed by atoms with Crippen molar-refractivity contribution in [2.45, 2.75) is 25.9 Å². The van der Waals surface area contributed by atoms with Crippen LogP contribution in [0.4, 0.5) is 10.1 Å².